The van der Waals surface area contributed by atoms with Crippen molar-refractivity contribution in [1.29, 1.82) is 0 Å². The van der Waals surface area contributed by atoms with Crippen LogP contribution in [0.5, 0.6) is 5.75 Å². The Labute approximate surface area is 142 Å². The largest absolute Gasteiger partial charge is 0.552 e. The van der Waals surface area contributed by atoms with E-state index in [0.717, 1.165) is 41.7 Å². The molecule has 126 valence electrons. The zero-order valence-corrected chi connectivity index (χ0v) is 14.3. The van der Waals surface area contributed by atoms with Gasteiger partial charge in [0.2, 0.25) is 10.0 Å². The Bertz CT molecular complexity index is 842. The quantitative estimate of drug-likeness (QED) is 0.812. The molecule has 0 saturated carbocycles. The van der Waals surface area contributed by atoms with Crippen molar-refractivity contribution >= 4 is 28.8 Å². The fraction of sp³-hybridized carbons (Fsp3) is 0.438. The standard InChI is InChI=1S/C16H19BN2O4S/c1-24(21,22)19-7-5-11(6-8-19)13-9-17(20)23-15-10-18-14-4-2-3-12(14)16(13)15/h2-3,9-11,20H,4-8H2,1H3. The molecular formula is C16H19BN2O4S. The zero-order valence-electron chi connectivity index (χ0n) is 13.5. The van der Waals surface area contributed by atoms with Gasteiger partial charge in [0, 0.05) is 30.6 Å². The summed E-state index contributed by atoms with van der Waals surface area (Å²) >= 11 is 0. The molecule has 6 nitrogen and oxygen atoms in total. The third kappa shape index (κ3) is 2.68. The van der Waals surface area contributed by atoms with Crippen LogP contribution in [0.15, 0.2) is 18.2 Å². The van der Waals surface area contributed by atoms with E-state index in [1.807, 2.05) is 0 Å². The molecule has 0 bridgehead atoms. The predicted molar refractivity (Wildman–Crippen MR) is 92.7 cm³/mol. The van der Waals surface area contributed by atoms with Crippen LogP contribution in [0.2, 0.25) is 0 Å². The van der Waals surface area contributed by atoms with Gasteiger partial charge < -0.3 is 9.68 Å². The van der Waals surface area contributed by atoms with Crippen molar-refractivity contribution in [2.45, 2.75) is 19.3 Å². The average Bonchev–Trinajstić information content (AvgIpc) is 3.02. The van der Waals surface area contributed by atoms with Gasteiger partial charge in [-0.3, -0.25) is 4.98 Å². The van der Waals surface area contributed by atoms with E-state index in [-0.39, 0.29) is 5.92 Å². The first-order chi connectivity index (χ1) is 11.4. The van der Waals surface area contributed by atoms with Gasteiger partial charge in [0.25, 0.3) is 0 Å². The number of hydrogen-bond acceptors (Lipinski definition) is 5. The van der Waals surface area contributed by atoms with E-state index in [0.29, 0.717) is 18.8 Å². The second-order valence-corrected chi connectivity index (χ2v) is 8.51. The molecule has 0 spiro atoms. The molecule has 24 heavy (non-hydrogen) atoms. The normalized spacial score (nSPS) is 21.2. The van der Waals surface area contributed by atoms with Gasteiger partial charge in [-0.1, -0.05) is 12.2 Å². The number of allylic oxidation sites excluding steroid dienone is 2. The number of piperidine rings is 1. The molecule has 1 saturated heterocycles. The summed E-state index contributed by atoms with van der Waals surface area (Å²) in [5.74, 6) is 2.58. The van der Waals surface area contributed by atoms with Crippen LogP contribution in [0.3, 0.4) is 0 Å². The van der Waals surface area contributed by atoms with E-state index in [1.54, 1.807) is 12.2 Å². The lowest BCUT2D eigenvalue weighted by molar-refractivity contribution is 0.311. The number of fused-ring (bicyclic) bond motifs is 3. The molecule has 0 aromatic carbocycles. The highest BCUT2D eigenvalue weighted by Crippen LogP contribution is 2.43. The van der Waals surface area contributed by atoms with Gasteiger partial charge in [-0.15, -0.1) is 0 Å². The monoisotopic (exact) mass is 346 g/mol. The van der Waals surface area contributed by atoms with Crippen molar-refractivity contribution < 1.29 is 18.1 Å². The molecule has 1 fully saturated rings. The summed E-state index contributed by atoms with van der Waals surface area (Å²) in [6, 6.07) is 0. The molecule has 1 aromatic rings. The van der Waals surface area contributed by atoms with Crippen molar-refractivity contribution in [1.82, 2.24) is 9.29 Å². The Balaban J connectivity index is 1.68. The fourth-order valence-corrected chi connectivity index (χ4v) is 4.68. The zero-order chi connectivity index (χ0) is 16.9. The second-order valence-electron chi connectivity index (χ2n) is 6.53. The first-order valence-corrected chi connectivity index (χ1v) is 9.98. The summed E-state index contributed by atoms with van der Waals surface area (Å²) < 4.78 is 30.5. The lowest BCUT2D eigenvalue weighted by Gasteiger charge is -2.34. The van der Waals surface area contributed by atoms with Crippen LogP contribution >= 0.6 is 0 Å². The molecular weight excluding hydrogens is 327 g/mol. The van der Waals surface area contributed by atoms with Crippen molar-refractivity contribution in [3.05, 3.63) is 35.1 Å². The van der Waals surface area contributed by atoms with E-state index >= 15 is 0 Å². The molecule has 0 atom stereocenters. The summed E-state index contributed by atoms with van der Waals surface area (Å²) in [6.07, 6.45) is 9.36. The predicted octanol–water partition coefficient (Wildman–Crippen LogP) is 1.12. The van der Waals surface area contributed by atoms with E-state index < -0.39 is 17.1 Å². The third-order valence-corrected chi connectivity index (χ3v) is 6.28. The van der Waals surface area contributed by atoms with Gasteiger partial charge in [-0.05, 0) is 30.3 Å². The van der Waals surface area contributed by atoms with Crippen LogP contribution in [-0.4, -0.2) is 49.2 Å². The highest BCUT2D eigenvalue weighted by atomic mass is 32.2. The average molecular weight is 346 g/mol. The maximum atomic E-state index is 11.7. The van der Waals surface area contributed by atoms with Crippen LogP contribution < -0.4 is 4.65 Å². The van der Waals surface area contributed by atoms with Gasteiger partial charge in [-0.25, -0.2) is 12.7 Å². The van der Waals surface area contributed by atoms with E-state index in [1.165, 1.54) is 10.6 Å². The number of aromatic nitrogens is 1. The van der Waals surface area contributed by atoms with Gasteiger partial charge >= 0.3 is 7.12 Å². The molecule has 2 aliphatic heterocycles. The van der Waals surface area contributed by atoms with Gasteiger partial charge in [0.15, 0.2) is 0 Å². The van der Waals surface area contributed by atoms with Crippen LogP contribution in [0.25, 0.3) is 11.6 Å². The molecule has 3 aliphatic rings. The summed E-state index contributed by atoms with van der Waals surface area (Å²) in [5.41, 5.74) is 4.16. The van der Waals surface area contributed by atoms with Crippen LogP contribution in [-0.2, 0) is 16.4 Å². The Kier molecular flexibility index (Phi) is 3.78. The first-order valence-electron chi connectivity index (χ1n) is 8.14. The minimum absolute atomic E-state index is 0.209. The van der Waals surface area contributed by atoms with E-state index in [4.69, 9.17) is 4.65 Å². The van der Waals surface area contributed by atoms with Gasteiger partial charge in [-0.2, -0.15) is 0 Å². The SMILES string of the molecule is CS(=O)(=O)N1CCC(C2=CB(O)Oc3cnc4c(c32)C=CC4)CC1. The molecule has 0 radical (unpaired) electrons. The van der Waals surface area contributed by atoms with Crippen molar-refractivity contribution in [3.8, 4) is 5.75 Å². The van der Waals surface area contributed by atoms with Crippen LogP contribution in [0.1, 0.15) is 29.7 Å². The number of pyridine rings is 1. The Morgan fingerprint density at radius 1 is 1.38 bits per heavy atom. The lowest BCUT2D eigenvalue weighted by Crippen LogP contribution is -2.38. The molecule has 8 heteroatoms. The topological polar surface area (TPSA) is 79.7 Å². The number of nitrogens with zero attached hydrogens (tertiary/aromatic N) is 2. The first kappa shape index (κ1) is 15.9. The molecule has 3 heterocycles. The maximum absolute atomic E-state index is 11.7. The van der Waals surface area contributed by atoms with Gasteiger partial charge in [0.05, 0.1) is 18.1 Å². The molecule has 1 N–H and O–H groups in total. The third-order valence-electron chi connectivity index (χ3n) is 4.98. The van der Waals surface area contributed by atoms with E-state index in [2.05, 4.69) is 17.1 Å². The van der Waals surface area contributed by atoms with Crippen molar-refractivity contribution in [3.63, 3.8) is 0 Å². The highest BCUT2D eigenvalue weighted by Gasteiger charge is 2.34. The molecule has 1 aliphatic carbocycles. The molecule has 1 aromatic heterocycles. The number of rotatable bonds is 2. The lowest BCUT2D eigenvalue weighted by atomic mass is 9.74. The minimum Gasteiger partial charge on any atom is -0.531 e. The van der Waals surface area contributed by atoms with Gasteiger partial charge in [0.1, 0.15) is 5.75 Å². The van der Waals surface area contributed by atoms with E-state index in [9.17, 15) is 13.4 Å². The molecule has 0 unspecified atom stereocenters. The summed E-state index contributed by atoms with van der Waals surface area (Å²) in [5, 5.41) is 10.0. The highest BCUT2D eigenvalue weighted by molar-refractivity contribution is 7.88. The maximum Gasteiger partial charge on any atom is 0.552 e. The smallest absolute Gasteiger partial charge is 0.531 e. The number of hydrogen-bond donors (Lipinski definition) is 1. The van der Waals surface area contributed by atoms with Crippen LogP contribution in [0.4, 0.5) is 0 Å². The minimum atomic E-state index is -3.14. The van der Waals surface area contributed by atoms with Crippen LogP contribution in [0, 0.1) is 5.92 Å². The summed E-state index contributed by atoms with van der Waals surface area (Å²) in [4.78, 5) is 4.42. The Morgan fingerprint density at radius 3 is 2.83 bits per heavy atom. The van der Waals surface area contributed by atoms with Crippen molar-refractivity contribution in [2.75, 3.05) is 19.3 Å². The fourth-order valence-electron chi connectivity index (χ4n) is 3.81. The summed E-state index contributed by atoms with van der Waals surface area (Å²) in [6.45, 7) is 1.02. The summed E-state index contributed by atoms with van der Waals surface area (Å²) in [7, 11) is -4.12. The molecule has 4 rings (SSSR count). The Morgan fingerprint density at radius 2 is 2.12 bits per heavy atom. The van der Waals surface area contributed by atoms with Crippen molar-refractivity contribution in [2.24, 2.45) is 5.92 Å². The number of sulfonamides is 1. The Hall–Kier alpha value is -1.64. The second kappa shape index (κ2) is 5.72. The molecule has 0 amide bonds.